The van der Waals surface area contributed by atoms with E-state index in [-0.39, 0.29) is 19.1 Å². The molecule has 0 fully saturated rings. The molecule has 1 heterocycles. The fourth-order valence-corrected chi connectivity index (χ4v) is 2.09. The van der Waals surface area contributed by atoms with Gasteiger partial charge in [-0.2, -0.15) is 0 Å². The number of benzene rings is 2. The van der Waals surface area contributed by atoms with Crippen molar-refractivity contribution in [3.63, 3.8) is 0 Å². The van der Waals surface area contributed by atoms with Crippen molar-refractivity contribution in [2.75, 3.05) is 6.61 Å². The lowest BCUT2D eigenvalue weighted by Gasteiger charge is -2.08. The number of carbonyl (C=O) groups excluding carboxylic acids is 1. The second kappa shape index (κ2) is 8.66. The van der Waals surface area contributed by atoms with Crippen LogP contribution < -0.4 is 9.47 Å². The van der Waals surface area contributed by atoms with Crippen molar-refractivity contribution in [2.24, 2.45) is 0 Å². The third kappa shape index (κ3) is 5.34. The summed E-state index contributed by atoms with van der Waals surface area (Å²) in [5, 5.41) is 7.39. The second-order valence-corrected chi connectivity index (χ2v) is 5.41. The van der Waals surface area contributed by atoms with E-state index < -0.39 is 5.97 Å². The van der Waals surface area contributed by atoms with Gasteiger partial charge in [0.2, 0.25) is 5.89 Å². The Balaban J connectivity index is 1.40. The highest BCUT2D eigenvalue weighted by molar-refractivity contribution is 5.71. The molecule has 0 aliphatic carbocycles. The molecule has 0 aliphatic heterocycles. The summed E-state index contributed by atoms with van der Waals surface area (Å²) in [4.78, 5) is 11.7. The van der Waals surface area contributed by atoms with Crippen molar-refractivity contribution in [3.8, 4) is 11.5 Å². The molecule has 3 rings (SSSR count). The van der Waals surface area contributed by atoms with Crippen molar-refractivity contribution in [2.45, 2.75) is 20.1 Å². The first kappa shape index (κ1) is 17.5. The third-order valence-corrected chi connectivity index (χ3v) is 3.35. The van der Waals surface area contributed by atoms with Crippen LogP contribution >= 0.6 is 0 Å². The highest BCUT2D eigenvalue weighted by atomic mass is 16.6. The fraction of sp³-hybridized carbons (Fsp3) is 0.211. The van der Waals surface area contributed by atoms with Gasteiger partial charge in [-0.25, -0.2) is 4.79 Å². The van der Waals surface area contributed by atoms with Crippen LogP contribution in [0.15, 0.2) is 59.0 Å². The van der Waals surface area contributed by atoms with E-state index in [0.717, 1.165) is 11.3 Å². The maximum Gasteiger partial charge on any atom is 0.344 e. The number of hydrogen-bond donors (Lipinski definition) is 0. The normalized spacial score (nSPS) is 10.3. The number of aromatic nitrogens is 2. The summed E-state index contributed by atoms with van der Waals surface area (Å²) in [7, 11) is 0. The van der Waals surface area contributed by atoms with Crippen molar-refractivity contribution in [1.82, 2.24) is 10.2 Å². The van der Waals surface area contributed by atoms with E-state index in [9.17, 15) is 4.79 Å². The molecule has 0 aliphatic rings. The van der Waals surface area contributed by atoms with Gasteiger partial charge in [0, 0.05) is 6.92 Å². The molecular weight excluding hydrogens is 336 g/mol. The van der Waals surface area contributed by atoms with E-state index in [4.69, 9.17) is 18.6 Å². The van der Waals surface area contributed by atoms with Gasteiger partial charge in [-0.1, -0.05) is 30.3 Å². The smallest absolute Gasteiger partial charge is 0.344 e. The van der Waals surface area contributed by atoms with Crippen LogP contribution in [0.2, 0.25) is 0 Å². The average molecular weight is 354 g/mol. The Morgan fingerprint density at radius 1 is 0.923 bits per heavy atom. The molecule has 134 valence electrons. The van der Waals surface area contributed by atoms with Gasteiger partial charge in [0.05, 0.1) is 0 Å². The summed E-state index contributed by atoms with van der Waals surface area (Å²) in [5.41, 5.74) is 1.09. The molecule has 0 spiro atoms. The first-order valence-electron chi connectivity index (χ1n) is 8.03. The topological polar surface area (TPSA) is 83.7 Å². The number of aryl methyl sites for hydroxylation is 1. The maximum absolute atomic E-state index is 11.7. The number of rotatable bonds is 8. The zero-order chi connectivity index (χ0) is 18.2. The standard InChI is InChI=1S/C19H18N2O5/c1-14-20-21-18(26-14)12-25-19(22)13-24-17-9-7-16(8-10-17)23-11-15-5-3-2-4-6-15/h2-10H,11-13H2,1H3. The summed E-state index contributed by atoms with van der Waals surface area (Å²) in [6, 6.07) is 16.9. The molecule has 0 amide bonds. The van der Waals surface area contributed by atoms with Crippen molar-refractivity contribution in [1.29, 1.82) is 0 Å². The minimum atomic E-state index is -0.523. The van der Waals surface area contributed by atoms with E-state index in [1.54, 1.807) is 31.2 Å². The molecule has 1 aromatic heterocycles. The minimum absolute atomic E-state index is 0.0741. The number of carbonyl (C=O) groups is 1. The Morgan fingerprint density at radius 3 is 2.27 bits per heavy atom. The first-order valence-corrected chi connectivity index (χ1v) is 8.03. The van der Waals surface area contributed by atoms with Gasteiger partial charge in [0.25, 0.3) is 5.89 Å². The summed E-state index contributed by atoms with van der Waals surface area (Å²) >= 11 is 0. The quantitative estimate of drug-likeness (QED) is 0.575. The van der Waals surface area contributed by atoms with E-state index in [1.807, 2.05) is 30.3 Å². The molecule has 0 bridgehead atoms. The lowest BCUT2D eigenvalue weighted by Crippen LogP contribution is -2.14. The van der Waals surface area contributed by atoms with Gasteiger partial charge in [-0.15, -0.1) is 10.2 Å². The van der Waals surface area contributed by atoms with Gasteiger partial charge in [-0.3, -0.25) is 0 Å². The highest BCUT2D eigenvalue weighted by Crippen LogP contribution is 2.18. The number of hydrogen-bond acceptors (Lipinski definition) is 7. The SMILES string of the molecule is Cc1nnc(COC(=O)COc2ccc(OCc3ccccc3)cc2)o1. The Morgan fingerprint density at radius 2 is 1.62 bits per heavy atom. The van der Waals surface area contributed by atoms with Crippen molar-refractivity contribution < 1.29 is 23.4 Å². The monoisotopic (exact) mass is 354 g/mol. The predicted octanol–water partition coefficient (Wildman–Crippen LogP) is 3.08. The van der Waals surface area contributed by atoms with Crippen LogP contribution in [0.4, 0.5) is 0 Å². The zero-order valence-electron chi connectivity index (χ0n) is 14.3. The highest BCUT2D eigenvalue weighted by Gasteiger charge is 2.08. The second-order valence-electron chi connectivity index (χ2n) is 5.41. The zero-order valence-corrected chi connectivity index (χ0v) is 14.3. The summed E-state index contributed by atoms with van der Waals surface area (Å²) in [6.45, 7) is 1.86. The minimum Gasteiger partial charge on any atom is -0.489 e. The first-order chi connectivity index (χ1) is 12.7. The molecule has 0 saturated heterocycles. The summed E-state index contributed by atoms with van der Waals surface area (Å²) < 4.78 is 21.2. The van der Waals surface area contributed by atoms with Crippen LogP contribution in [0, 0.1) is 6.92 Å². The van der Waals surface area contributed by atoms with Crippen LogP contribution in [0.25, 0.3) is 0 Å². The third-order valence-electron chi connectivity index (χ3n) is 3.35. The van der Waals surface area contributed by atoms with Gasteiger partial charge < -0.3 is 18.6 Å². The molecule has 0 unspecified atom stereocenters. The van der Waals surface area contributed by atoms with Gasteiger partial charge in [0.1, 0.15) is 18.1 Å². The van der Waals surface area contributed by atoms with Gasteiger partial charge in [-0.05, 0) is 29.8 Å². The van der Waals surface area contributed by atoms with Crippen LogP contribution in [-0.4, -0.2) is 22.8 Å². The lowest BCUT2D eigenvalue weighted by molar-refractivity contribution is -0.148. The fourth-order valence-electron chi connectivity index (χ4n) is 2.09. The number of ether oxygens (including phenoxy) is 3. The molecule has 0 atom stereocenters. The number of nitrogens with zero attached hydrogens (tertiary/aromatic N) is 2. The van der Waals surface area contributed by atoms with Crippen molar-refractivity contribution >= 4 is 5.97 Å². The van der Waals surface area contributed by atoms with E-state index in [2.05, 4.69) is 10.2 Å². The Bertz CT molecular complexity index is 831. The predicted molar refractivity (Wildman–Crippen MR) is 91.5 cm³/mol. The molecular formula is C19H18N2O5. The largest absolute Gasteiger partial charge is 0.489 e. The van der Waals surface area contributed by atoms with Crippen LogP contribution in [0.3, 0.4) is 0 Å². The summed E-state index contributed by atoms with van der Waals surface area (Å²) in [5.74, 6) is 1.40. The van der Waals surface area contributed by atoms with Crippen molar-refractivity contribution in [3.05, 3.63) is 71.9 Å². The molecule has 0 radical (unpaired) electrons. The molecule has 0 saturated carbocycles. The number of esters is 1. The molecule has 2 aromatic carbocycles. The molecule has 26 heavy (non-hydrogen) atoms. The maximum atomic E-state index is 11.7. The average Bonchev–Trinajstić information content (AvgIpc) is 3.10. The van der Waals surface area contributed by atoms with E-state index >= 15 is 0 Å². The molecule has 3 aromatic rings. The van der Waals surface area contributed by atoms with Gasteiger partial charge in [0.15, 0.2) is 13.2 Å². The Kier molecular flexibility index (Phi) is 5.82. The van der Waals surface area contributed by atoms with Crippen LogP contribution in [0.1, 0.15) is 17.3 Å². The molecule has 7 heteroatoms. The Hall–Kier alpha value is -3.35. The molecule has 0 N–H and O–H groups in total. The lowest BCUT2D eigenvalue weighted by atomic mass is 10.2. The van der Waals surface area contributed by atoms with Crippen LogP contribution in [0.5, 0.6) is 11.5 Å². The van der Waals surface area contributed by atoms with E-state index in [0.29, 0.717) is 18.2 Å². The Labute approximate surface area is 150 Å². The van der Waals surface area contributed by atoms with Gasteiger partial charge >= 0.3 is 5.97 Å². The van der Waals surface area contributed by atoms with Crippen LogP contribution in [-0.2, 0) is 22.7 Å². The van der Waals surface area contributed by atoms with E-state index in [1.165, 1.54) is 0 Å². The summed E-state index contributed by atoms with van der Waals surface area (Å²) in [6.07, 6.45) is 0. The molecule has 7 nitrogen and oxygen atoms in total.